The minimum absolute atomic E-state index is 0.201. The summed E-state index contributed by atoms with van der Waals surface area (Å²) in [7, 11) is 0. The molecule has 8 heteroatoms. The molecule has 0 unspecified atom stereocenters. The highest BCUT2D eigenvalue weighted by atomic mass is 127. The zero-order valence-electron chi connectivity index (χ0n) is 16.6. The smallest absolute Gasteiger partial charge is 0.257 e. The summed E-state index contributed by atoms with van der Waals surface area (Å²) in [6.07, 6.45) is 0. The van der Waals surface area contributed by atoms with Crippen molar-refractivity contribution in [2.75, 3.05) is 5.32 Å². The molecule has 5 nitrogen and oxygen atoms in total. The minimum Gasteiger partial charge on any atom is -0.436 e. The lowest BCUT2D eigenvalue weighted by molar-refractivity contribution is 0.0977. The lowest BCUT2D eigenvalue weighted by Gasteiger charge is -2.10. The van der Waals surface area contributed by atoms with Crippen molar-refractivity contribution in [1.82, 2.24) is 10.3 Å². The number of thiocarbonyl (C=S) groups is 1. The molecular formula is C23H17ClIN3O2S. The van der Waals surface area contributed by atoms with Gasteiger partial charge in [-0.3, -0.25) is 10.1 Å². The first kappa shape index (κ1) is 21.7. The third-order valence-electron chi connectivity index (χ3n) is 4.80. The normalized spacial score (nSPS) is 10.8. The zero-order chi connectivity index (χ0) is 22.1. The van der Waals surface area contributed by atoms with E-state index in [0.717, 1.165) is 20.3 Å². The summed E-state index contributed by atoms with van der Waals surface area (Å²) in [5, 5.41) is 6.50. The molecule has 0 radical (unpaired) electrons. The number of aromatic nitrogens is 1. The zero-order valence-corrected chi connectivity index (χ0v) is 20.4. The molecule has 4 aromatic rings. The number of hydrogen-bond donors (Lipinski definition) is 2. The summed E-state index contributed by atoms with van der Waals surface area (Å²) >= 11 is 13.8. The lowest BCUT2D eigenvalue weighted by atomic mass is 10.1. The highest BCUT2D eigenvalue weighted by Crippen LogP contribution is 2.32. The molecule has 1 amide bonds. The predicted octanol–water partition coefficient (Wildman–Crippen LogP) is 6.50. The Morgan fingerprint density at radius 1 is 1.06 bits per heavy atom. The molecule has 0 aliphatic carbocycles. The largest absolute Gasteiger partial charge is 0.436 e. The molecule has 0 saturated carbocycles. The SMILES string of the molecule is Cc1ccc(C(=O)NC(=S)Nc2ccc3oc(-c4cc(I)ccc4Cl)nc3c2)cc1C. The molecule has 0 saturated heterocycles. The maximum Gasteiger partial charge on any atom is 0.257 e. The van der Waals surface area contributed by atoms with E-state index in [-0.39, 0.29) is 11.0 Å². The first-order chi connectivity index (χ1) is 14.8. The second-order valence-electron chi connectivity index (χ2n) is 7.03. The van der Waals surface area contributed by atoms with Crippen LogP contribution in [0.1, 0.15) is 21.5 Å². The molecule has 156 valence electrons. The molecule has 4 rings (SSSR count). The fourth-order valence-corrected chi connectivity index (χ4v) is 3.90. The fourth-order valence-electron chi connectivity index (χ4n) is 3.00. The number of nitrogens with one attached hydrogen (secondary N) is 2. The van der Waals surface area contributed by atoms with Gasteiger partial charge in [0.1, 0.15) is 5.52 Å². The van der Waals surface area contributed by atoms with Gasteiger partial charge in [-0.15, -0.1) is 0 Å². The number of oxazole rings is 1. The number of fused-ring (bicyclic) bond motifs is 1. The van der Waals surface area contributed by atoms with Crippen molar-refractivity contribution < 1.29 is 9.21 Å². The van der Waals surface area contributed by atoms with Crippen LogP contribution in [-0.2, 0) is 0 Å². The summed E-state index contributed by atoms with van der Waals surface area (Å²) in [6, 6.07) is 16.6. The van der Waals surface area contributed by atoms with Gasteiger partial charge in [-0.05, 0) is 108 Å². The van der Waals surface area contributed by atoms with Crippen molar-refractivity contribution in [3.05, 3.63) is 79.9 Å². The molecule has 2 N–H and O–H groups in total. The summed E-state index contributed by atoms with van der Waals surface area (Å²) in [6.45, 7) is 3.97. The first-order valence-corrected chi connectivity index (χ1v) is 11.2. The number of halogens is 2. The van der Waals surface area contributed by atoms with Crippen LogP contribution in [0.3, 0.4) is 0 Å². The van der Waals surface area contributed by atoms with Gasteiger partial charge in [0.2, 0.25) is 5.89 Å². The van der Waals surface area contributed by atoms with Gasteiger partial charge >= 0.3 is 0 Å². The Morgan fingerprint density at radius 2 is 1.87 bits per heavy atom. The first-order valence-electron chi connectivity index (χ1n) is 9.36. The van der Waals surface area contributed by atoms with Gasteiger partial charge in [0, 0.05) is 14.8 Å². The number of amides is 1. The van der Waals surface area contributed by atoms with Crippen LogP contribution in [-0.4, -0.2) is 16.0 Å². The number of carbonyl (C=O) groups excluding carboxylic acids is 1. The van der Waals surface area contributed by atoms with E-state index in [4.69, 9.17) is 28.2 Å². The molecule has 0 fully saturated rings. The second kappa shape index (κ2) is 8.94. The van der Waals surface area contributed by atoms with Crippen LogP contribution in [0.15, 0.2) is 59.0 Å². The van der Waals surface area contributed by atoms with Crippen LogP contribution in [0.4, 0.5) is 5.69 Å². The summed E-state index contributed by atoms with van der Waals surface area (Å²) < 4.78 is 6.90. The highest BCUT2D eigenvalue weighted by Gasteiger charge is 2.14. The van der Waals surface area contributed by atoms with E-state index in [0.29, 0.717) is 33.3 Å². The van der Waals surface area contributed by atoms with Gasteiger partial charge in [-0.25, -0.2) is 4.98 Å². The molecule has 3 aromatic carbocycles. The van der Waals surface area contributed by atoms with Crippen LogP contribution in [0, 0.1) is 17.4 Å². The Morgan fingerprint density at radius 3 is 2.65 bits per heavy atom. The Labute approximate surface area is 203 Å². The van der Waals surface area contributed by atoms with Crippen LogP contribution in [0.5, 0.6) is 0 Å². The monoisotopic (exact) mass is 561 g/mol. The van der Waals surface area contributed by atoms with E-state index in [1.54, 1.807) is 18.2 Å². The lowest BCUT2D eigenvalue weighted by Crippen LogP contribution is -2.34. The molecule has 0 aliphatic rings. The van der Waals surface area contributed by atoms with Crippen molar-refractivity contribution in [3.63, 3.8) is 0 Å². The average Bonchev–Trinajstić information content (AvgIpc) is 3.14. The summed E-state index contributed by atoms with van der Waals surface area (Å²) in [5.74, 6) is 0.181. The minimum atomic E-state index is -0.265. The van der Waals surface area contributed by atoms with Gasteiger partial charge in [0.05, 0.1) is 10.6 Å². The van der Waals surface area contributed by atoms with Gasteiger partial charge in [0.25, 0.3) is 5.91 Å². The number of aryl methyl sites for hydroxylation is 2. The van der Waals surface area contributed by atoms with Crippen molar-refractivity contribution in [1.29, 1.82) is 0 Å². The third kappa shape index (κ3) is 4.89. The van der Waals surface area contributed by atoms with E-state index in [1.807, 2.05) is 50.2 Å². The van der Waals surface area contributed by atoms with Crippen LogP contribution < -0.4 is 10.6 Å². The fraction of sp³-hybridized carbons (Fsp3) is 0.0870. The van der Waals surface area contributed by atoms with Gasteiger partial charge in [-0.1, -0.05) is 17.7 Å². The maximum absolute atomic E-state index is 12.5. The topological polar surface area (TPSA) is 67.2 Å². The molecule has 1 heterocycles. The number of benzene rings is 3. The van der Waals surface area contributed by atoms with Gasteiger partial charge in [0.15, 0.2) is 10.7 Å². The van der Waals surface area contributed by atoms with Crippen molar-refractivity contribution in [2.45, 2.75) is 13.8 Å². The highest BCUT2D eigenvalue weighted by molar-refractivity contribution is 14.1. The Bertz CT molecular complexity index is 1340. The number of hydrogen-bond acceptors (Lipinski definition) is 4. The second-order valence-corrected chi connectivity index (χ2v) is 9.09. The average molecular weight is 562 g/mol. The van der Waals surface area contributed by atoms with E-state index < -0.39 is 0 Å². The van der Waals surface area contributed by atoms with Gasteiger partial charge in [-0.2, -0.15) is 0 Å². The predicted molar refractivity (Wildman–Crippen MR) is 137 cm³/mol. The van der Waals surface area contributed by atoms with Crippen LogP contribution >= 0.6 is 46.4 Å². The quantitative estimate of drug-likeness (QED) is 0.221. The molecule has 1 aromatic heterocycles. The maximum atomic E-state index is 12.5. The standard InChI is InChI=1S/C23H17ClIN3O2S/c1-12-3-4-14(9-13(12)2)21(29)28-23(31)26-16-6-8-20-19(11-16)27-22(30-20)17-10-15(25)5-7-18(17)24/h3-11H,1-2H3,(H2,26,28,29,31). The molecule has 0 aliphatic heterocycles. The molecule has 0 spiro atoms. The summed E-state index contributed by atoms with van der Waals surface area (Å²) in [4.78, 5) is 17.0. The van der Waals surface area contributed by atoms with Crippen molar-refractivity contribution in [2.24, 2.45) is 0 Å². The number of rotatable bonds is 3. The third-order valence-corrected chi connectivity index (χ3v) is 6.01. The molecule has 31 heavy (non-hydrogen) atoms. The van der Waals surface area contributed by atoms with E-state index in [2.05, 4.69) is 38.2 Å². The van der Waals surface area contributed by atoms with Crippen molar-refractivity contribution >= 4 is 74.2 Å². The van der Waals surface area contributed by atoms with Gasteiger partial charge < -0.3 is 9.73 Å². The van der Waals surface area contributed by atoms with E-state index in [1.165, 1.54) is 0 Å². The summed E-state index contributed by atoms with van der Waals surface area (Å²) in [5.41, 5.74) is 5.43. The van der Waals surface area contributed by atoms with Crippen LogP contribution in [0.2, 0.25) is 5.02 Å². The number of anilines is 1. The van der Waals surface area contributed by atoms with E-state index in [9.17, 15) is 4.79 Å². The molecule has 0 atom stereocenters. The van der Waals surface area contributed by atoms with E-state index >= 15 is 0 Å². The number of carbonyl (C=O) groups is 1. The molecular weight excluding hydrogens is 545 g/mol. The number of nitrogens with zero attached hydrogens (tertiary/aromatic N) is 1. The van der Waals surface area contributed by atoms with Crippen LogP contribution in [0.25, 0.3) is 22.6 Å². The Hall–Kier alpha value is -2.49. The van der Waals surface area contributed by atoms with Crippen molar-refractivity contribution in [3.8, 4) is 11.5 Å². The Balaban J connectivity index is 1.50. The Kier molecular flexibility index (Phi) is 6.27. The molecule has 0 bridgehead atoms.